The average molecular weight is 404 g/mol. The van der Waals surface area contributed by atoms with Gasteiger partial charge in [0.1, 0.15) is 18.2 Å². The van der Waals surface area contributed by atoms with E-state index >= 15 is 0 Å². The van der Waals surface area contributed by atoms with Gasteiger partial charge < -0.3 is 28.6 Å². The molecule has 2 rings (SSSR count). The summed E-state index contributed by atoms with van der Waals surface area (Å²) in [5, 5.41) is 9.21. The minimum atomic E-state index is -0.736. The summed E-state index contributed by atoms with van der Waals surface area (Å²) in [5.74, 6) is -0.115. The molecule has 1 saturated heterocycles. The lowest BCUT2D eigenvalue weighted by molar-refractivity contribution is -0.139. The second-order valence-corrected chi connectivity index (χ2v) is 5.99. The Hall–Kier alpha value is -3.09. The Labute approximate surface area is 169 Å². The fourth-order valence-electron chi connectivity index (χ4n) is 2.54. The van der Waals surface area contributed by atoms with Crippen LogP contribution in [0.3, 0.4) is 0 Å². The summed E-state index contributed by atoms with van der Waals surface area (Å²) in [5.41, 5.74) is 0.397. The van der Waals surface area contributed by atoms with E-state index in [9.17, 15) is 14.9 Å². The summed E-state index contributed by atoms with van der Waals surface area (Å²) in [6.07, 6.45) is 1.39. The lowest BCUT2D eigenvalue weighted by atomic mass is 10.1. The molecule has 1 aliphatic rings. The topological polar surface area (TPSA) is 107 Å². The smallest absolute Gasteiger partial charge is 0.348 e. The van der Waals surface area contributed by atoms with Crippen LogP contribution in [0.15, 0.2) is 23.8 Å². The number of morpholine rings is 1. The molecular weight excluding hydrogens is 380 g/mol. The first-order valence-electron chi connectivity index (χ1n) is 9.03. The van der Waals surface area contributed by atoms with Gasteiger partial charge >= 0.3 is 5.97 Å². The third kappa shape index (κ3) is 6.78. The standard InChI is InChI=1S/C20H24N2O7/c1-25-9-10-28-20(24)16(13-21)11-15-3-4-17(18(12-15)26-2)29-14-19(23)22-5-7-27-8-6-22/h3-4,11-12H,5-10,14H2,1-2H3/b16-11+. The van der Waals surface area contributed by atoms with E-state index < -0.39 is 5.97 Å². The van der Waals surface area contributed by atoms with Gasteiger partial charge in [0.2, 0.25) is 0 Å². The van der Waals surface area contributed by atoms with E-state index in [0.717, 1.165) is 0 Å². The molecule has 9 nitrogen and oxygen atoms in total. The summed E-state index contributed by atoms with van der Waals surface area (Å²) in [6.45, 7) is 2.30. The molecule has 1 heterocycles. The molecule has 1 aromatic carbocycles. The Morgan fingerprint density at radius 2 is 1.97 bits per heavy atom. The maximum Gasteiger partial charge on any atom is 0.348 e. The van der Waals surface area contributed by atoms with Crippen molar-refractivity contribution in [2.24, 2.45) is 0 Å². The Morgan fingerprint density at radius 3 is 2.62 bits per heavy atom. The van der Waals surface area contributed by atoms with Gasteiger partial charge in [0, 0.05) is 20.2 Å². The normalized spacial score (nSPS) is 14.1. The number of rotatable bonds is 9. The van der Waals surface area contributed by atoms with Crippen molar-refractivity contribution < 1.29 is 33.3 Å². The average Bonchev–Trinajstić information content (AvgIpc) is 2.76. The van der Waals surface area contributed by atoms with Crippen molar-refractivity contribution in [3.63, 3.8) is 0 Å². The Balaban J connectivity index is 2.04. The highest BCUT2D eigenvalue weighted by Gasteiger charge is 2.18. The van der Waals surface area contributed by atoms with Crippen molar-refractivity contribution in [3.8, 4) is 17.6 Å². The lowest BCUT2D eigenvalue weighted by Gasteiger charge is -2.26. The number of hydrogen-bond donors (Lipinski definition) is 0. The van der Waals surface area contributed by atoms with Gasteiger partial charge in [0.15, 0.2) is 18.1 Å². The highest BCUT2D eigenvalue weighted by atomic mass is 16.6. The molecule has 29 heavy (non-hydrogen) atoms. The van der Waals surface area contributed by atoms with Gasteiger partial charge in [-0.1, -0.05) is 6.07 Å². The van der Waals surface area contributed by atoms with Crippen molar-refractivity contribution in [2.45, 2.75) is 0 Å². The summed E-state index contributed by atoms with van der Waals surface area (Å²) < 4.78 is 25.9. The number of carbonyl (C=O) groups excluding carboxylic acids is 2. The first kappa shape index (κ1) is 22.2. The Kier molecular flexibility index (Phi) is 8.95. The number of carbonyl (C=O) groups is 2. The molecule has 0 spiro atoms. The van der Waals surface area contributed by atoms with Crippen molar-refractivity contribution in [2.75, 3.05) is 60.3 Å². The molecule has 0 aromatic heterocycles. The maximum absolute atomic E-state index is 12.2. The van der Waals surface area contributed by atoms with Crippen LogP contribution >= 0.6 is 0 Å². The van der Waals surface area contributed by atoms with E-state index in [1.54, 1.807) is 23.1 Å². The highest BCUT2D eigenvalue weighted by molar-refractivity contribution is 5.98. The number of ether oxygens (including phenoxy) is 5. The fourth-order valence-corrected chi connectivity index (χ4v) is 2.54. The molecular formula is C20H24N2O7. The van der Waals surface area contributed by atoms with E-state index in [0.29, 0.717) is 43.4 Å². The zero-order valence-corrected chi connectivity index (χ0v) is 16.5. The molecule has 9 heteroatoms. The number of methoxy groups -OCH3 is 2. The molecule has 156 valence electrons. The number of benzene rings is 1. The fraction of sp³-hybridized carbons (Fsp3) is 0.450. The second kappa shape index (κ2) is 11.7. The van der Waals surface area contributed by atoms with Crippen molar-refractivity contribution in [1.82, 2.24) is 4.90 Å². The molecule has 0 unspecified atom stereocenters. The number of amides is 1. The molecule has 1 aromatic rings. The SMILES string of the molecule is COCCOC(=O)/C(C#N)=C/c1ccc(OCC(=O)N2CCOCC2)c(OC)c1. The van der Waals surface area contributed by atoms with Crippen LogP contribution in [0.5, 0.6) is 11.5 Å². The number of esters is 1. The van der Waals surface area contributed by atoms with Crippen molar-refractivity contribution >= 4 is 18.0 Å². The second-order valence-electron chi connectivity index (χ2n) is 5.99. The zero-order chi connectivity index (χ0) is 21.1. The molecule has 0 saturated carbocycles. The van der Waals surface area contributed by atoms with E-state index in [1.165, 1.54) is 20.3 Å². The Morgan fingerprint density at radius 1 is 1.21 bits per heavy atom. The van der Waals surface area contributed by atoms with E-state index in [1.807, 2.05) is 6.07 Å². The molecule has 0 atom stereocenters. The Bertz CT molecular complexity index is 780. The van der Waals surface area contributed by atoms with Crippen LogP contribution < -0.4 is 9.47 Å². The minimum absolute atomic E-state index is 0.0572. The zero-order valence-electron chi connectivity index (χ0n) is 16.5. The largest absolute Gasteiger partial charge is 0.493 e. The molecule has 0 N–H and O–H groups in total. The summed E-state index contributed by atoms with van der Waals surface area (Å²) in [7, 11) is 2.95. The van der Waals surface area contributed by atoms with Crippen LogP contribution in [0.1, 0.15) is 5.56 Å². The monoisotopic (exact) mass is 404 g/mol. The highest BCUT2D eigenvalue weighted by Crippen LogP contribution is 2.29. The third-order valence-corrected chi connectivity index (χ3v) is 4.07. The summed E-state index contributed by atoms with van der Waals surface area (Å²) in [4.78, 5) is 25.8. The van der Waals surface area contributed by atoms with Gasteiger partial charge in [-0.05, 0) is 23.8 Å². The molecule has 0 aliphatic carbocycles. The summed E-state index contributed by atoms with van der Waals surface area (Å²) in [6, 6.07) is 6.69. The van der Waals surface area contributed by atoms with Gasteiger partial charge in [-0.25, -0.2) is 4.79 Å². The van der Waals surface area contributed by atoms with Crippen molar-refractivity contribution in [3.05, 3.63) is 29.3 Å². The van der Waals surface area contributed by atoms with E-state index in [-0.39, 0.29) is 31.3 Å². The molecule has 1 aliphatic heterocycles. The first-order chi connectivity index (χ1) is 14.1. The van der Waals surface area contributed by atoms with Crippen LogP contribution in [0.25, 0.3) is 6.08 Å². The molecule has 1 fully saturated rings. The molecule has 0 bridgehead atoms. The minimum Gasteiger partial charge on any atom is -0.493 e. The lowest BCUT2D eigenvalue weighted by Crippen LogP contribution is -2.43. The predicted octanol–water partition coefficient (Wildman–Crippen LogP) is 1.03. The van der Waals surface area contributed by atoms with Crippen LogP contribution in [0.2, 0.25) is 0 Å². The van der Waals surface area contributed by atoms with Crippen LogP contribution in [0, 0.1) is 11.3 Å². The number of hydrogen-bond acceptors (Lipinski definition) is 8. The van der Waals surface area contributed by atoms with Gasteiger partial charge in [0.25, 0.3) is 5.91 Å². The third-order valence-electron chi connectivity index (χ3n) is 4.07. The van der Waals surface area contributed by atoms with E-state index in [4.69, 9.17) is 23.7 Å². The van der Waals surface area contributed by atoms with Gasteiger partial charge in [0.05, 0.1) is 26.9 Å². The van der Waals surface area contributed by atoms with Gasteiger partial charge in [-0.2, -0.15) is 5.26 Å². The van der Waals surface area contributed by atoms with Crippen LogP contribution in [-0.4, -0.2) is 77.1 Å². The maximum atomic E-state index is 12.2. The van der Waals surface area contributed by atoms with E-state index in [2.05, 4.69) is 0 Å². The quantitative estimate of drug-likeness (QED) is 0.260. The van der Waals surface area contributed by atoms with Crippen molar-refractivity contribution in [1.29, 1.82) is 5.26 Å². The number of nitriles is 1. The van der Waals surface area contributed by atoms with Crippen LogP contribution in [0.4, 0.5) is 0 Å². The molecule has 1 amide bonds. The summed E-state index contributed by atoms with van der Waals surface area (Å²) >= 11 is 0. The van der Waals surface area contributed by atoms with Crippen LogP contribution in [-0.2, 0) is 23.8 Å². The van der Waals surface area contributed by atoms with Gasteiger partial charge in [-0.15, -0.1) is 0 Å². The molecule has 0 radical (unpaired) electrons. The first-order valence-corrected chi connectivity index (χ1v) is 9.03. The van der Waals surface area contributed by atoms with Gasteiger partial charge in [-0.3, -0.25) is 4.79 Å². The predicted molar refractivity (Wildman–Crippen MR) is 102 cm³/mol. The number of nitrogens with zero attached hydrogens (tertiary/aromatic N) is 2.